The molecule has 2 aromatic rings. The van der Waals surface area contributed by atoms with E-state index in [4.69, 9.17) is 0 Å². The maximum atomic E-state index is 13.0. The molecule has 0 bridgehead atoms. The van der Waals surface area contributed by atoms with Crippen molar-refractivity contribution in [2.24, 2.45) is 0 Å². The lowest BCUT2D eigenvalue weighted by molar-refractivity contribution is -0.135. The van der Waals surface area contributed by atoms with Gasteiger partial charge in [0.05, 0.1) is 9.79 Å². The monoisotopic (exact) mass is 630 g/mol. The van der Waals surface area contributed by atoms with Crippen LogP contribution in [0.4, 0.5) is 0 Å². The van der Waals surface area contributed by atoms with E-state index >= 15 is 0 Å². The summed E-state index contributed by atoms with van der Waals surface area (Å²) in [6, 6.07) is 8.24. The lowest BCUT2D eigenvalue weighted by Crippen LogP contribution is -2.14. The van der Waals surface area contributed by atoms with Gasteiger partial charge in [0, 0.05) is 12.8 Å². The van der Waals surface area contributed by atoms with Gasteiger partial charge in [0.15, 0.2) is 0 Å². The van der Waals surface area contributed by atoms with Gasteiger partial charge >= 0.3 is 32.2 Å². The highest BCUT2D eigenvalue weighted by molar-refractivity contribution is 7.91. The van der Waals surface area contributed by atoms with Gasteiger partial charge in [-0.2, -0.15) is 16.8 Å². The molecule has 0 aromatic heterocycles. The fourth-order valence-electron chi connectivity index (χ4n) is 3.88. The average Bonchev–Trinajstić information content (AvgIpc) is 2.92. The van der Waals surface area contributed by atoms with Crippen molar-refractivity contribution in [1.82, 2.24) is 0 Å². The smallest absolute Gasteiger partial charge is 0.341 e. The van der Waals surface area contributed by atoms with E-state index in [1.54, 1.807) is 0 Å². The van der Waals surface area contributed by atoms with Gasteiger partial charge in [-0.25, -0.2) is 8.42 Å². The number of sulfone groups is 1. The first kappa shape index (κ1) is 34.4. The second-order valence-corrected chi connectivity index (χ2v) is 14.6. The maximum Gasteiger partial charge on any atom is 0.341 e. The standard InChI is InChI=1S/C28H38O10S3/c1-3-5-7-9-11-13-27(29)37-40(33,34)25-19-15-23(16-20-25)39(31,32)24-17-21-26(22-18-24)41(35,36)38-28(30)14-12-10-8-6-4-2/h15-22H,3-14H2,1-2H3. The Hall–Kier alpha value is -2.77. The molecular weight excluding hydrogens is 592 g/mol. The normalized spacial score (nSPS) is 12.1. The van der Waals surface area contributed by atoms with Crippen LogP contribution >= 0.6 is 0 Å². The highest BCUT2D eigenvalue weighted by atomic mass is 32.2. The summed E-state index contributed by atoms with van der Waals surface area (Å²) in [7, 11) is -13.0. The molecule has 0 heterocycles. The molecule has 0 saturated carbocycles. The van der Waals surface area contributed by atoms with Crippen molar-refractivity contribution in [3.63, 3.8) is 0 Å². The largest absolute Gasteiger partial charge is 0.342 e. The van der Waals surface area contributed by atoms with Gasteiger partial charge in [-0.15, -0.1) is 0 Å². The first-order valence-electron chi connectivity index (χ1n) is 13.7. The Balaban J connectivity index is 2.04. The Morgan fingerprint density at radius 1 is 0.488 bits per heavy atom. The van der Waals surface area contributed by atoms with Gasteiger partial charge < -0.3 is 8.37 Å². The number of hydrogen-bond donors (Lipinski definition) is 0. The summed E-state index contributed by atoms with van der Waals surface area (Å²) in [5.74, 6) is -1.77. The molecule has 0 atom stereocenters. The van der Waals surface area contributed by atoms with Crippen LogP contribution in [0.5, 0.6) is 0 Å². The van der Waals surface area contributed by atoms with Crippen molar-refractivity contribution >= 4 is 42.0 Å². The minimum atomic E-state index is -4.43. The van der Waals surface area contributed by atoms with Crippen LogP contribution in [-0.4, -0.2) is 37.2 Å². The Labute approximate surface area is 243 Å². The van der Waals surface area contributed by atoms with Gasteiger partial charge in [-0.3, -0.25) is 9.59 Å². The number of unbranched alkanes of at least 4 members (excludes halogenated alkanes) is 8. The average molecular weight is 631 g/mol. The Bertz CT molecular complexity index is 1350. The van der Waals surface area contributed by atoms with Crippen LogP contribution in [0, 0.1) is 0 Å². The van der Waals surface area contributed by atoms with Crippen LogP contribution in [0.2, 0.25) is 0 Å². The van der Waals surface area contributed by atoms with E-state index in [9.17, 15) is 34.8 Å². The van der Waals surface area contributed by atoms with Crippen LogP contribution in [-0.2, 0) is 48.0 Å². The Morgan fingerprint density at radius 3 is 1.10 bits per heavy atom. The second-order valence-electron chi connectivity index (χ2n) is 9.59. The van der Waals surface area contributed by atoms with Crippen LogP contribution in [0.1, 0.15) is 90.9 Å². The van der Waals surface area contributed by atoms with Crippen molar-refractivity contribution in [3.05, 3.63) is 48.5 Å². The molecule has 0 aliphatic heterocycles. The second kappa shape index (κ2) is 16.0. The molecule has 0 N–H and O–H groups in total. The number of rotatable bonds is 18. The zero-order valence-corrected chi connectivity index (χ0v) is 25.9. The molecule has 2 aromatic carbocycles. The molecule has 0 spiro atoms. The summed E-state index contributed by atoms with van der Waals surface area (Å²) in [5.41, 5.74) is 0. The molecule has 0 aliphatic rings. The van der Waals surface area contributed by atoms with E-state index in [0.29, 0.717) is 12.8 Å². The third kappa shape index (κ3) is 10.9. The van der Waals surface area contributed by atoms with Crippen LogP contribution in [0.15, 0.2) is 68.1 Å². The molecule has 0 aliphatic carbocycles. The SMILES string of the molecule is CCCCCCCC(=O)OS(=O)(=O)c1ccc(S(=O)(=O)c2ccc(S(=O)(=O)OC(=O)CCCCCCC)cc2)cc1. The molecule has 0 fully saturated rings. The van der Waals surface area contributed by atoms with Crippen LogP contribution in [0.25, 0.3) is 0 Å². The van der Waals surface area contributed by atoms with Crippen LogP contribution in [0.3, 0.4) is 0 Å². The topological polar surface area (TPSA) is 155 Å². The minimum Gasteiger partial charge on any atom is -0.342 e. The molecule has 2 rings (SSSR count). The Morgan fingerprint density at radius 2 is 0.780 bits per heavy atom. The molecule has 0 saturated heterocycles. The maximum absolute atomic E-state index is 13.0. The van der Waals surface area contributed by atoms with Gasteiger partial charge in [0.1, 0.15) is 9.79 Å². The molecule has 41 heavy (non-hydrogen) atoms. The number of carbonyl (C=O) groups excluding carboxylic acids is 2. The molecule has 0 amide bonds. The predicted octanol–water partition coefficient (Wildman–Crippen LogP) is 5.70. The van der Waals surface area contributed by atoms with Crippen LogP contribution < -0.4 is 0 Å². The summed E-state index contributed by atoms with van der Waals surface area (Å²) in [6.45, 7) is 4.11. The minimum absolute atomic E-state index is 0.0423. The van der Waals surface area contributed by atoms with Crippen molar-refractivity contribution in [3.8, 4) is 0 Å². The van der Waals surface area contributed by atoms with Gasteiger partial charge in [-0.1, -0.05) is 65.2 Å². The zero-order valence-electron chi connectivity index (χ0n) is 23.4. The van der Waals surface area contributed by atoms with E-state index in [0.717, 1.165) is 99.9 Å². The quantitative estimate of drug-likeness (QED) is 0.148. The lowest BCUT2D eigenvalue weighted by Gasteiger charge is -2.09. The summed E-state index contributed by atoms with van der Waals surface area (Å²) >= 11 is 0. The fourth-order valence-corrected chi connectivity index (χ4v) is 6.93. The third-order valence-electron chi connectivity index (χ3n) is 6.22. The van der Waals surface area contributed by atoms with E-state index in [-0.39, 0.29) is 32.4 Å². The highest BCUT2D eigenvalue weighted by Gasteiger charge is 2.25. The number of benzene rings is 2. The molecule has 13 heteroatoms. The third-order valence-corrected chi connectivity index (χ3v) is 10.5. The highest BCUT2D eigenvalue weighted by Crippen LogP contribution is 2.25. The summed E-state index contributed by atoms with van der Waals surface area (Å²) in [5, 5.41) is 0. The van der Waals surface area contributed by atoms with Crippen molar-refractivity contribution in [2.45, 2.75) is 110 Å². The number of carbonyl (C=O) groups is 2. The Kier molecular flexibility index (Phi) is 13.5. The lowest BCUT2D eigenvalue weighted by atomic mass is 10.1. The van der Waals surface area contributed by atoms with Crippen molar-refractivity contribution < 1.29 is 43.2 Å². The first-order valence-corrected chi connectivity index (χ1v) is 18.0. The molecule has 0 radical (unpaired) electrons. The molecule has 228 valence electrons. The summed E-state index contributed by atoms with van der Waals surface area (Å²) in [6.07, 6.45) is 8.51. The van der Waals surface area contributed by atoms with Crippen molar-refractivity contribution in [2.75, 3.05) is 0 Å². The molecule has 0 unspecified atom stereocenters. The summed E-state index contributed by atoms with van der Waals surface area (Å²) < 4.78 is 85.1. The van der Waals surface area contributed by atoms with E-state index in [2.05, 4.69) is 22.2 Å². The molecule has 10 nitrogen and oxygen atoms in total. The van der Waals surface area contributed by atoms with E-state index < -0.39 is 42.0 Å². The predicted molar refractivity (Wildman–Crippen MR) is 152 cm³/mol. The van der Waals surface area contributed by atoms with Gasteiger partial charge in [0.2, 0.25) is 9.84 Å². The van der Waals surface area contributed by atoms with Gasteiger partial charge in [0.25, 0.3) is 0 Å². The molecular formula is C28H38O10S3. The van der Waals surface area contributed by atoms with Gasteiger partial charge in [-0.05, 0) is 61.4 Å². The van der Waals surface area contributed by atoms with E-state index in [1.165, 1.54) is 0 Å². The first-order chi connectivity index (χ1) is 19.3. The van der Waals surface area contributed by atoms with E-state index in [1.807, 2.05) is 0 Å². The fraction of sp³-hybridized carbons (Fsp3) is 0.500. The summed E-state index contributed by atoms with van der Waals surface area (Å²) in [4.78, 5) is 22.6. The number of hydrogen-bond acceptors (Lipinski definition) is 10. The zero-order chi connectivity index (χ0) is 30.5. The van der Waals surface area contributed by atoms with Crippen molar-refractivity contribution in [1.29, 1.82) is 0 Å².